The van der Waals surface area contributed by atoms with Gasteiger partial charge in [-0.2, -0.15) is 5.10 Å². The van der Waals surface area contributed by atoms with Crippen LogP contribution >= 0.6 is 11.3 Å². The Morgan fingerprint density at radius 2 is 1.71 bits per heavy atom. The minimum absolute atomic E-state index is 0.0374. The number of carbonyl (C=O) groups excluding carboxylic acids is 4. The Bertz CT molecular complexity index is 3320. The lowest BCUT2D eigenvalue weighted by molar-refractivity contribution is -0.134. The van der Waals surface area contributed by atoms with Crippen molar-refractivity contribution in [2.24, 2.45) is 18.4 Å². The van der Waals surface area contributed by atoms with Crippen LogP contribution in [0.15, 0.2) is 84.9 Å². The highest BCUT2D eigenvalue weighted by atomic mass is 32.1. The Labute approximate surface area is 419 Å². The SMILES string of the molecule is Cc1cc(OCC2CC3(CCN(CC(=O)Nc4ccc5c(C6CCC(=O)NC6=O)nn(C)c5c4C)CC3)C2)ccc1-c1ccc(N2CCc3cccc(C(=O)Nc4nc5ccccc5s4)c3C2)nc1C(=O)O. The van der Waals surface area contributed by atoms with Crippen molar-refractivity contribution in [2.75, 3.05) is 48.3 Å². The number of pyridine rings is 1. The van der Waals surface area contributed by atoms with Crippen LogP contribution in [0.4, 0.5) is 16.6 Å². The highest BCUT2D eigenvalue weighted by Crippen LogP contribution is 2.52. The third-order valence-electron chi connectivity index (χ3n) is 15.3. The molecule has 1 spiro atoms. The molecule has 6 heterocycles. The number of aromatic nitrogens is 4. The second-order valence-corrected chi connectivity index (χ2v) is 21.0. The number of ether oxygens (including phenoxy) is 1. The number of likely N-dealkylation sites (tertiary alicyclic amines) is 1. The number of carbonyl (C=O) groups is 5. The van der Waals surface area contributed by atoms with Crippen LogP contribution < -0.4 is 25.6 Å². The molecule has 17 heteroatoms. The van der Waals surface area contributed by atoms with Gasteiger partial charge in [0, 0.05) is 48.8 Å². The molecule has 72 heavy (non-hydrogen) atoms. The molecule has 3 aliphatic heterocycles. The molecule has 7 aromatic rings. The number of thiazole rings is 1. The second-order valence-electron chi connectivity index (χ2n) is 20.0. The van der Waals surface area contributed by atoms with Crippen molar-refractivity contribution in [3.63, 3.8) is 0 Å². The molecule has 368 valence electrons. The van der Waals surface area contributed by atoms with Gasteiger partial charge < -0.3 is 20.1 Å². The molecule has 0 radical (unpaired) electrons. The van der Waals surface area contributed by atoms with Crippen LogP contribution in [0.25, 0.3) is 32.2 Å². The molecule has 3 aromatic heterocycles. The number of rotatable bonds is 12. The molecule has 1 saturated carbocycles. The Morgan fingerprint density at radius 3 is 2.49 bits per heavy atom. The number of piperidine rings is 2. The van der Waals surface area contributed by atoms with E-state index in [1.165, 1.54) is 11.3 Å². The van der Waals surface area contributed by atoms with Crippen molar-refractivity contribution >= 4 is 78.7 Å². The van der Waals surface area contributed by atoms with Gasteiger partial charge in [0.1, 0.15) is 11.6 Å². The topological polar surface area (TPSA) is 201 Å². The van der Waals surface area contributed by atoms with Crippen LogP contribution in [-0.2, 0) is 34.4 Å². The van der Waals surface area contributed by atoms with Gasteiger partial charge in [0.05, 0.1) is 40.5 Å². The number of carboxylic acids is 1. The first kappa shape index (κ1) is 46.9. The number of hydrogen-bond acceptors (Lipinski definition) is 12. The van der Waals surface area contributed by atoms with E-state index in [2.05, 4.69) is 30.9 Å². The first-order valence-electron chi connectivity index (χ1n) is 24.6. The Morgan fingerprint density at radius 1 is 0.903 bits per heavy atom. The maximum Gasteiger partial charge on any atom is 0.355 e. The molecule has 4 amide bonds. The monoisotopic (exact) mass is 985 g/mol. The number of nitrogens with zero attached hydrogens (tertiary/aromatic N) is 6. The van der Waals surface area contributed by atoms with Gasteiger partial charge in [-0.3, -0.25) is 39.4 Å². The fraction of sp³-hybridized carbons (Fsp3) is 0.345. The molecule has 16 nitrogen and oxygen atoms in total. The number of aryl methyl sites for hydroxylation is 3. The predicted octanol–water partition coefficient (Wildman–Crippen LogP) is 8.40. The van der Waals surface area contributed by atoms with Crippen LogP contribution in [0.5, 0.6) is 5.75 Å². The van der Waals surface area contributed by atoms with E-state index in [4.69, 9.17) is 9.72 Å². The van der Waals surface area contributed by atoms with Crippen molar-refractivity contribution in [1.82, 2.24) is 30.0 Å². The van der Waals surface area contributed by atoms with Gasteiger partial charge in [-0.15, -0.1) is 0 Å². The fourth-order valence-corrected chi connectivity index (χ4v) is 12.4. The van der Waals surface area contributed by atoms with E-state index in [1.54, 1.807) is 4.68 Å². The summed E-state index contributed by atoms with van der Waals surface area (Å²) in [7, 11) is 1.83. The second kappa shape index (κ2) is 18.9. The molecule has 4 aliphatic rings. The minimum Gasteiger partial charge on any atom is -0.493 e. The van der Waals surface area contributed by atoms with Crippen molar-refractivity contribution < 1.29 is 33.8 Å². The van der Waals surface area contributed by atoms with Crippen LogP contribution in [0.1, 0.15) is 93.2 Å². The van der Waals surface area contributed by atoms with Crippen LogP contribution in [-0.4, -0.2) is 92.1 Å². The molecular formula is C55H55N9O7S. The third-order valence-corrected chi connectivity index (χ3v) is 16.2. The number of carboxylic acid groups (broad SMARTS) is 1. The van der Waals surface area contributed by atoms with Gasteiger partial charge >= 0.3 is 5.97 Å². The lowest BCUT2D eigenvalue weighted by Crippen LogP contribution is -2.49. The molecule has 1 unspecified atom stereocenters. The summed E-state index contributed by atoms with van der Waals surface area (Å²) in [5.41, 5.74) is 8.83. The summed E-state index contributed by atoms with van der Waals surface area (Å²) in [5, 5.41) is 25.0. The number of amides is 4. The third kappa shape index (κ3) is 9.06. The van der Waals surface area contributed by atoms with Gasteiger partial charge in [-0.25, -0.2) is 14.8 Å². The molecule has 2 saturated heterocycles. The highest BCUT2D eigenvalue weighted by Gasteiger charge is 2.46. The zero-order valence-corrected chi connectivity index (χ0v) is 41.2. The van der Waals surface area contributed by atoms with Gasteiger partial charge in [-0.1, -0.05) is 41.7 Å². The minimum atomic E-state index is -1.12. The number of para-hydroxylation sites is 1. The largest absolute Gasteiger partial charge is 0.493 e. The molecule has 0 bridgehead atoms. The predicted molar refractivity (Wildman–Crippen MR) is 276 cm³/mol. The van der Waals surface area contributed by atoms with Crippen LogP contribution in [0, 0.1) is 25.2 Å². The first-order chi connectivity index (χ1) is 34.8. The van der Waals surface area contributed by atoms with Crippen molar-refractivity contribution in [2.45, 2.75) is 71.3 Å². The van der Waals surface area contributed by atoms with Crippen molar-refractivity contribution in [1.29, 1.82) is 0 Å². The summed E-state index contributed by atoms with van der Waals surface area (Å²) >= 11 is 1.43. The van der Waals surface area contributed by atoms with E-state index in [0.717, 1.165) is 93.5 Å². The standard InChI is InChI=1S/C55H55N9O7S/c1-31-25-35(71-30-33-26-55(27-33)20-23-63(24-21-55)29-47(66)56-42-16-13-39-48(61-62(3)50(39)32(42)2)40-15-18-46(65)59-52(40)68)11-12-36(31)37-14-17-45(58-49(37)53(69)70)64-22-19-34-7-6-8-38(41(34)28-64)51(67)60-54-57-43-9-4-5-10-44(43)72-54/h4-14,16-17,25,33,40H,15,18-24,26-30H2,1-3H3,(H,56,66)(H,69,70)(H,57,60,67)(H,59,65,68). The van der Waals surface area contributed by atoms with E-state index in [-0.39, 0.29) is 41.2 Å². The molecule has 4 aromatic carbocycles. The number of anilines is 3. The molecule has 3 fully saturated rings. The average Bonchev–Trinajstić information content (AvgIpc) is 3.93. The van der Waals surface area contributed by atoms with E-state index in [9.17, 15) is 29.1 Å². The van der Waals surface area contributed by atoms with Crippen LogP contribution in [0.2, 0.25) is 0 Å². The number of aromatic carboxylic acids is 1. The van der Waals surface area contributed by atoms with Gasteiger partial charge in [0.2, 0.25) is 17.7 Å². The number of imide groups is 1. The molecule has 4 N–H and O–H groups in total. The van der Waals surface area contributed by atoms with E-state index in [0.29, 0.717) is 78.5 Å². The van der Waals surface area contributed by atoms with Gasteiger partial charge in [0.15, 0.2) is 10.8 Å². The lowest BCUT2D eigenvalue weighted by Gasteiger charge is -2.52. The summed E-state index contributed by atoms with van der Waals surface area (Å²) in [4.78, 5) is 77.6. The fourth-order valence-electron chi connectivity index (χ4n) is 11.5. The summed E-state index contributed by atoms with van der Waals surface area (Å²) in [6.07, 6.45) is 5.59. The summed E-state index contributed by atoms with van der Waals surface area (Å²) in [6, 6.07) is 26.8. The van der Waals surface area contributed by atoms with E-state index in [1.807, 2.05) is 111 Å². The zero-order chi connectivity index (χ0) is 49.8. The maximum absolute atomic E-state index is 13.6. The zero-order valence-electron chi connectivity index (χ0n) is 40.4. The molecule has 11 rings (SSSR count). The first-order valence-corrected chi connectivity index (χ1v) is 25.4. The normalized spacial score (nSPS) is 17.9. The molecule has 1 aliphatic carbocycles. The Balaban J connectivity index is 0.668. The summed E-state index contributed by atoms with van der Waals surface area (Å²) in [5.74, 6) is -0.805. The van der Waals surface area contributed by atoms with Gasteiger partial charge in [-0.05, 0) is 159 Å². The number of benzene rings is 4. The van der Waals surface area contributed by atoms with Gasteiger partial charge in [0.25, 0.3) is 5.91 Å². The Hall–Kier alpha value is -7.50. The number of nitrogens with one attached hydrogen (secondary N) is 3. The number of fused-ring (bicyclic) bond motifs is 3. The number of hydrogen-bond donors (Lipinski definition) is 4. The van der Waals surface area contributed by atoms with Crippen molar-refractivity contribution in [3.05, 3.63) is 124 Å². The summed E-state index contributed by atoms with van der Waals surface area (Å²) in [6.45, 7) is 7.54. The molecule has 1 atom stereocenters. The maximum atomic E-state index is 13.6. The molecular weight excluding hydrogens is 931 g/mol. The van der Waals surface area contributed by atoms with E-state index < -0.39 is 11.9 Å². The summed E-state index contributed by atoms with van der Waals surface area (Å²) < 4.78 is 9.08. The quantitative estimate of drug-likeness (QED) is 0.0854. The van der Waals surface area contributed by atoms with E-state index >= 15 is 0 Å². The lowest BCUT2D eigenvalue weighted by atomic mass is 9.58. The van der Waals surface area contributed by atoms with Crippen LogP contribution in [0.3, 0.4) is 0 Å². The van der Waals surface area contributed by atoms with Crippen molar-refractivity contribution in [3.8, 4) is 16.9 Å². The average molecular weight is 986 g/mol. The Kier molecular flexibility index (Phi) is 12.3. The highest BCUT2D eigenvalue weighted by molar-refractivity contribution is 7.22. The smallest absolute Gasteiger partial charge is 0.355 e.